The molecule has 0 radical (unpaired) electrons. The Balaban J connectivity index is 1.87. The number of pyridine rings is 1. The molecular weight excluding hydrogens is 381 g/mol. The second-order valence-electron chi connectivity index (χ2n) is 5.29. The molecule has 0 amide bonds. The van der Waals surface area contributed by atoms with Crippen LogP contribution in [0.5, 0.6) is 5.75 Å². The van der Waals surface area contributed by atoms with Gasteiger partial charge >= 0.3 is 6.36 Å². The molecule has 5 nitrogen and oxygen atoms in total. The van der Waals surface area contributed by atoms with Crippen molar-refractivity contribution < 1.29 is 22.7 Å². The van der Waals surface area contributed by atoms with Gasteiger partial charge in [0.2, 0.25) is 0 Å². The van der Waals surface area contributed by atoms with Crippen LogP contribution in [0, 0.1) is 0 Å². The van der Waals surface area contributed by atoms with Gasteiger partial charge in [-0.15, -0.1) is 24.5 Å². The van der Waals surface area contributed by atoms with Gasteiger partial charge in [-0.1, -0.05) is 12.1 Å². The molecule has 0 bridgehead atoms. The van der Waals surface area contributed by atoms with Crippen LogP contribution in [0.4, 0.5) is 13.2 Å². The number of thiazole rings is 1. The number of aromatic amines is 1. The van der Waals surface area contributed by atoms with Gasteiger partial charge in [-0.25, -0.2) is 0 Å². The van der Waals surface area contributed by atoms with Crippen LogP contribution in [0.15, 0.2) is 53.6 Å². The third kappa shape index (κ3) is 5.14. The van der Waals surface area contributed by atoms with E-state index in [1.54, 1.807) is 12.1 Å². The first-order valence-electron chi connectivity index (χ1n) is 7.53. The average Bonchev–Trinajstić information content (AvgIpc) is 2.95. The number of ether oxygens (including phenoxy) is 1. The Morgan fingerprint density at radius 2 is 1.78 bits per heavy atom. The number of rotatable bonds is 4. The highest BCUT2D eigenvalue weighted by molar-refractivity contribution is 7.07. The minimum atomic E-state index is -4.76. The van der Waals surface area contributed by atoms with Gasteiger partial charge in [0, 0.05) is 24.0 Å². The number of Topliss-reactive ketones (excluding diaryl/α,β-unsaturated/α-hetero) is 1. The van der Waals surface area contributed by atoms with E-state index in [4.69, 9.17) is 0 Å². The Morgan fingerprint density at radius 3 is 2.41 bits per heavy atom. The predicted octanol–water partition coefficient (Wildman–Crippen LogP) is 2.22. The van der Waals surface area contributed by atoms with Crippen LogP contribution >= 0.6 is 11.3 Å². The van der Waals surface area contributed by atoms with Gasteiger partial charge in [0.15, 0.2) is 5.78 Å². The zero-order chi connectivity index (χ0) is 19.4. The normalized spacial score (nSPS) is 13.0. The maximum atomic E-state index is 12.2. The second-order valence-corrected chi connectivity index (χ2v) is 6.37. The van der Waals surface area contributed by atoms with Crippen LogP contribution in [0.3, 0.4) is 0 Å². The van der Waals surface area contributed by atoms with Crippen LogP contribution in [-0.2, 0) is 0 Å². The minimum absolute atomic E-state index is 0.282. The van der Waals surface area contributed by atoms with Gasteiger partial charge in [-0.2, -0.15) is 0 Å². The van der Waals surface area contributed by atoms with Crippen LogP contribution in [0.2, 0.25) is 0 Å². The number of hydrogen-bond donors (Lipinski definition) is 1. The molecule has 0 atom stereocenters. The molecule has 2 heterocycles. The van der Waals surface area contributed by atoms with E-state index in [1.165, 1.54) is 36.7 Å². The van der Waals surface area contributed by atoms with Crippen LogP contribution in [-0.4, -0.2) is 22.1 Å². The van der Waals surface area contributed by atoms with Crippen LogP contribution < -0.4 is 19.5 Å². The summed E-state index contributed by atoms with van der Waals surface area (Å²) < 4.78 is 41.0. The van der Waals surface area contributed by atoms with E-state index in [0.29, 0.717) is 20.3 Å². The van der Waals surface area contributed by atoms with Crippen molar-refractivity contribution in [3.05, 3.63) is 79.5 Å². The largest absolute Gasteiger partial charge is 0.573 e. The first-order chi connectivity index (χ1) is 12.8. The number of benzene rings is 1. The number of ketones is 1. The average molecular weight is 392 g/mol. The predicted molar refractivity (Wildman–Crippen MR) is 93.9 cm³/mol. The lowest BCUT2D eigenvalue weighted by Gasteiger charge is -2.08. The van der Waals surface area contributed by atoms with Gasteiger partial charge in [0.05, 0.1) is 9.20 Å². The standard InChI is InChI=1S/C18H11F3N2O3S/c19-18(20,21)26-13-3-1-11(2-4-13)9-15-17(25)23-16(27-15)10-14(24)12-5-7-22-8-6-12/h1-10H,(H,23,25)/b15-9+,16-10-. The van der Waals surface area contributed by atoms with Gasteiger partial charge in [0.1, 0.15) is 5.75 Å². The van der Waals surface area contributed by atoms with Crippen molar-refractivity contribution in [2.24, 2.45) is 0 Å². The molecule has 0 aliphatic carbocycles. The lowest BCUT2D eigenvalue weighted by atomic mass is 10.2. The third-order valence-corrected chi connectivity index (χ3v) is 4.28. The van der Waals surface area contributed by atoms with Crippen molar-refractivity contribution in [1.82, 2.24) is 9.97 Å². The van der Waals surface area contributed by atoms with Gasteiger partial charge in [0.25, 0.3) is 5.56 Å². The molecule has 138 valence electrons. The Labute approximate surface area is 154 Å². The maximum absolute atomic E-state index is 12.2. The molecular formula is C18H11F3N2O3S. The summed E-state index contributed by atoms with van der Waals surface area (Å²) in [4.78, 5) is 30.6. The number of carbonyl (C=O) groups is 1. The van der Waals surface area contributed by atoms with Crippen molar-refractivity contribution in [1.29, 1.82) is 0 Å². The van der Waals surface area contributed by atoms with E-state index < -0.39 is 11.9 Å². The van der Waals surface area contributed by atoms with Gasteiger partial charge in [-0.3, -0.25) is 14.6 Å². The molecule has 0 spiro atoms. The van der Waals surface area contributed by atoms with Crippen molar-refractivity contribution in [3.63, 3.8) is 0 Å². The highest BCUT2D eigenvalue weighted by Gasteiger charge is 2.30. The number of carbonyl (C=O) groups excluding carboxylic acids is 1. The summed E-state index contributed by atoms with van der Waals surface area (Å²) in [7, 11) is 0. The lowest BCUT2D eigenvalue weighted by Crippen LogP contribution is -2.20. The van der Waals surface area contributed by atoms with Crippen LogP contribution in [0.1, 0.15) is 15.9 Å². The molecule has 3 rings (SSSR count). The first kappa shape index (κ1) is 18.6. The molecule has 1 aromatic carbocycles. The SMILES string of the molecule is O=C(/C=c1/[nH]c(=O)/c(=C\c2ccc(OC(F)(F)F)cc2)s1)c1ccncc1. The Bertz CT molecular complexity index is 1120. The summed E-state index contributed by atoms with van der Waals surface area (Å²) in [5.41, 5.74) is 0.554. The summed E-state index contributed by atoms with van der Waals surface area (Å²) in [5.74, 6) is -0.633. The number of hydrogen-bond acceptors (Lipinski definition) is 5. The molecule has 1 N–H and O–H groups in total. The number of aromatic nitrogens is 2. The smallest absolute Gasteiger partial charge is 0.406 e. The van der Waals surface area contributed by atoms with E-state index in [-0.39, 0.29) is 11.5 Å². The molecule has 27 heavy (non-hydrogen) atoms. The van der Waals surface area contributed by atoms with E-state index in [0.717, 1.165) is 23.5 Å². The summed E-state index contributed by atoms with van der Waals surface area (Å²) in [6, 6.07) is 8.21. The molecule has 0 unspecified atom stereocenters. The van der Waals surface area contributed by atoms with Gasteiger partial charge < -0.3 is 9.72 Å². The molecule has 0 aliphatic heterocycles. The molecule has 0 aliphatic rings. The zero-order valence-electron chi connectivity index (χ0n) is 13.5. The van der Waals surface area contributed by atoms with E-state index in [1.807, 2.05) is 0 Å². The topological polar surface area (TPSA) is 72.0 Å². The summed E-state index contributed by atoms with van der Waals surface area (Å²) >= 11 is 1.06. The molecule has 0 fully saturated rings. The minimum Gasteiger partial charge on any atom is -0.406 e. The lowest BCUT2D eigenvalue weighted by molar-refractivity contribution is -0.274. The number of alkyl halides is 3. The number of H-pyrrole nitrogens is 1. The monoisotopic (exact) mass is 392 g/mol. The molecule has 9 heteroatoms. The highest BCUT2D eigenvalue weighted by atomic mass is 32.1. The summed E-state index contributed by atoms with van der Waals surface area (Å²) in [6.07, 6.45) is 1.03. The fraction of sp³-hybridized carbons (Fsp3) is 0.0556. The molecule has 3 aromatic rings. The van der Waals surface area contributed by atoms with E-state index >= 15 is 0 Å². The van der Waals surface area contributed by atoms with Crippen molar-refractivity contribution in [2.75, 3.05) is 0 Å². The highest BCUT2D eigenvalue weighted by Crippen LogP contribution is 2.22. The number of halogens is 3. The molecule has 2 aromatic heterocycles. The van der Waals surface area contributed by atoms with Crippen molar-refractivity contribution in [2.45, 2.75) is 6.36 Å². The van der Waals surface area contributed by atoms with Crippen LogP contribution in [0.25, 0.3) is 12.2 Å². The fourth-order valence-electron chi connectivity index (χ4n) is 2.16. The number of nitrogens with zero attached hydrogens (tertiary/aromatic N) is 1. The summed E-state index contributed by atoms with van der Waals surface area (Å²) in [5, 5.41) is 0. The zero-order valence-corrected chi connectivity index (χ0v) is 14.3. The maximum Gasteiger partial charge on any atom is 0.573 e. The quantitative estimate of drug-likeness (QED) is 0.692. The molecule has 0 saturated heterocycles. The van der Waals surface area contributed by atoms with E-state index in [9.17, 15) is 22.8 Å². The molecule has 0 saturated carbocycles. The Morgan fingerprint density at radius 1 is 1.11 bits per heavy atom. The Hall–Kier alpha value is -3.20. The summed E-state index contributed by atoms with van der Waals surface area (Å²) in [6.45, 7) is 0. The Kier molecular flexibility index (Phi) is 5.22. The van der Waals surface area contributed by atoms with Gasteiger partial charge in [-0.05, 0) is 35.9 Å². The fourth-order valence-corrected chi connectivity index (χ4v) is 3.05. The van der Waals surface area contributed by atoms with Crippen molar-refractivity contribution in [3.8, 4) is 5.75 Å². The van der Waals surface area contributed by atoms with Crippen molar-refractivity contribution >= 4 is 29.3 Å². The number of nitrogens with one attached hydrogen (secondary N) is 1. The third-order valence-electron chi connectivity index (χ3n) is 3.32. The first-order valence-corrected chi connectivity index (χ1v) is 8.34. The van der Waals surface area contributed by atoms with E-state index in [2.05, 4.69) is 14.7 Å². The second kappa shape index (κ2) is 7.58.